The third-order valence-corrected chi connectivity index (χ3v) is 21.7. The minimum absolute atomic E-state index is 0.180. The van der Waals surface area contributed by atoms with Crippen LogP contribution in [0.4, 0.5) is 0 Å². The first-order valence-corrected chi connectivity index (χ1v) is 38.9. The van der Waals surface area contributed by atoms with E-state index >= 15 is 0 Å². The molecule has 0 fully saturated rings. The molecule has 0 unspecified atom stereocenters. The minimum atomic E-state index is -5.09. The molecule has 24 nitrogen and oxygen atoms in total. The fraction of sp³-hybridized carbons (Fsp3) is 0.143. The molecule has 16 bridgehead atoms. The Hall–Kier alpha value is -5.04. The van der Waals surface area contributed by atoms with E-state index in [2.05, 4.69) is 0 Å². The van der Waals surface area contributed by atoms with Crippen LogP contribution < -0.4 is 42.4 Å². The van der Waals surface area contributed by atoms with Gasteiger partial charge in [0.2, 0.25) is 0 Å². The molecule has 1 aliphatic carbocycles. The zero-order chi connectivity index (χ0) is 64.5. The van der Waals surface area contributed by atoms with E-state index in [1.54, 1.807) is 0 Å². The molecule has 0 saturated heterocycles. The fourth-order valence-electron chi connectivity index (χ4n) is 10.8. The normalized spacial score (nSPS) is 14.4. The van der Waals surface area contributed by atoms with Crippen LogP contribution in [0.3, 0.4) is 0 Å². The molecule has 0 heterocycles. The quantitative estimate of drug-likeness (QED) is 0.0971. The average molecular weight is 1360 g/mol. The van der Waals surface area contributed by atoms with E-state index in [0.717, 1.165) is 97.1 Å². The standard InChI is InChI=1S/C56H56O24P8/c57-81(58,59)49-17-33-1-34(18-49)10-36-3-38(22-51(20-36)83(63,64)65)12-40-5-42(26-53(24-40)85(69,70)71)14-44-7-46(30-55(28-44)87(75,76)77)16-48-8-47(31-56(32-48)88(78,79)80)15-45-6-43(27-54(29-45)86(72,73)74)13-41-4-39(23-52(25-41)84(66,67)68)11-37-2-35(9-33)19-50(21-37)82(60,61)62/h1-8,17-32H,9-16H2,(H2,57,58,59)(H2,60,61,62)(H2,63,64,65)(H2,66,67,68)(H2,69,70,71)(H2,72,73,74)(H2,75,76,77)(H2,78,79,80). The van der Waals surface area contributed by atoms with E-state index in [0.29, 0.717) is 0 Å². The maximum atomic E-state index is 13.0. The van der Waals surface area contributed by atoms with Crippen LogP contribution in [0.2, 0.25) is 0 Å². The smallest absolute Gasteiger partial charge is 0.321 e. The average Bonchev–Trinajstić information content (AvgIpc) is 3.56. The second-order valence-electron chi connectivity index (χ2n) is 21.8. The second kappa shape index (κ2) is 24.9. The number of benzene rings is 8. The summed E-state index contributed by atoms with van der Waals surface area (Å²) in [6, 6.07) is 30.5. The molecule has 0 aromatic heterocycles. The van der Waals surface area contributed by atoms with Crippen LogP contribution in [-0.2, 0) is 87.9 Å². The van der Waals surface area contributed by atoms with Crippen LogP contribution >= 0.6 is 60.8 Å². The largest absolute Gasteiger partial charge is 0.356 e. The summed E-state index contributed by atoms with van der Waals surface area (Å²) in [7, 11) is -40.7. The van der Waals surface area contributed by atoms with Gasteiger partial charge in [0.05, 0.1) is 42.4 Å². The van der Waals surface area contributed by atoms with Crippen molar-refractivity contribution in [2.45, 2.75) is 51.4 Å². The molecule has 0 aliphatic heterocycles. The third-order valence-electron chi connectivity index (χ3n) is 14.3. The Morgan fingerprint density at radius 2 is 0.216 bits per heavy atom. The zero-order valence-corrected chi connectivity index (χ0v) is 52.7. The maximum absolute atomic E-state index is 13.0. The number of hydrogen-bond donors (Lipinski definition) is 16. The molecule has 9 rings (SSSR count). The highest BCUT2D eigenvalue weighted by Gasteiger charge is 2.28. The molecule has 0 amide bonds. The Kier molecular flexibility index (Phi) is 19.0. The van der Waals surface area contributed by atoms with Crippen molar-refractivity contribution in [2.75, 3.05) is 0 Å². The maximum Gasteiger partial charge on any atom is 0.356 e. The lowest BCUT2D eigenvalue weighted by Crippen LogP contribution is -2.13. The molecule has 0 atom stereocenters. The van der Waals surface area contributed by atoms with Crippen LogP contribution in [0, 0.1) is 0 Å². The topological polar surface area (TPSA) is 460 Å². The van der Waals surface area contributed by atoms with Gasteiger partial charge in [-0.3, -0.25) is 36.5 Å². The van der Waals surface area contributed by atoms with E-state index < -0.39 is 103 Å². The van der Waals surface area contributed by atoms with E-state index in [1.807, 2.05) is 0 Å². The Morgan fingerprint density at radius 3 is 0.273 bits per heavy atom. The van der Waals surface area contributed by atoms with Crippen molar-refractivity contribution in [3.8, 4) is 0 Å². The van der Waals surface area contributed by atoms with E-state index in [-0.39, 0.29) is 140 Å². The van der Waals surface area contributed by atoms with Crippen molar-refractivity contribution in [3.63, 3.8) is 0 Å². The second-order valence-corrected chi connectivity index (χ2v) is 34.7. The summed E-state index contributed by atoms with van der Waals surface area (Å²) in [6.45, 7) is 0. The SMILES string of the molecule is O=P(O)(O)c1cc2cc(c1)Cc1cc(cc(P(=O)(O)O)c1)Cc1cc(cc(P(=O)(O)O)c1)Cc1cc(cc(P(=O)(O)O)c1)Cc1cc(cc(P(=O)(O)O)c1)Cc1cc(cc(P(=O)(O)O)c1)Cc1cc(cc(P(=O)(O)O)c1)Cc1cc(cc(P(=O)(O)O)c1)C2. The molecule has 0 spiro atoms. The van der Waals surface area contributed by atoms with Gasteiger partial charge in [-0.1, -0.05) is 48.5 Å². The molecule has 464 valence electrons. The summed E-state index contributed by atoms with van der Waals surface area (Å²) in [6.07, 6.45) is -2.04. The molecule has 16 N–H and O–H groups in total. The van der Waals surface area contributed by atoms with Crippen molar-refractivity contribution in [3.05, 3.63) is 235 Å². The molecule has 1 aliphatic rings. The van der Waals surface area contributed by atoms with Gasteiger partial charge in [-0.15, -0.1) is 0 Å². The zero-order valence-electron chi connectivity index (χ0n) is 45.5. The highest BCUT2D eigenvalue weighted by molar-refractivity contribution is 7.62. The summed E-state index contributed by atoms with van der Waals surface area (Å²) >= 11 is 0. The van der Waals surface area contributed by atoms with Crippen molar-refractivity contribution in [2.24, 2.45) is 0 Å². The van der Waals surface area contributed by atoms with Gasteiger partial charge >= 0.3 is 60.8 Å². The molecular weight excluding hydrogens is 1300 g/mol. The van der Waals surface area contributed by atoms with Gasteiger partial charge in [0.25, 0.3) is 0 Å². The highest BCUT2D eigenvalue weighted by atomic mass is 31.2. The van der Waals surface area contributed by atoms with Gasteiger partial charge in [-0.2, -0.15) is 0 Å². The van der Waals surface area contributed by atoms with Crippen LogP contribution in [-0.4, -0.2) is 78.3 Å². The molecular formula is C56H56O24P8. The Balaban J connectivity index is 1.26. The summed E-state index contributed by atoms with van der Waals surface area (Å²) in [5.41, 5.74) is 2.89. The number of hydrogen-bond acceptors (Lipinski definition) is 8. The Labute approximate surface area is 501 Å². The third kappa shape index (κ3) is 17.7. The number of fused-ring (bicyclic) bond motifs is 16. The van der Waals surface area contributed by atoms with Gasteiger partial charge < -0.3 is 78.3 Å². The van der Waals surface area contributed by atoms with E-state index in [1.165, 1.54) is 48.5 Å². The van der Waals surface area contributed by atoms with Gasteiger partial charge in [0, 0.05) is 0 Å². The predicted molar refractivity (Wildman–Crippen MR) is 327 cm³/mol. The summed E-state index contributed by atoms with van der Waals surface area (Å²) in [5, 5.41) is -4.01. The van der Waals surface area contributed by atoms with Crippen molar-refractivity contribution < 1.29 is 115 Å². The first-order valence-electron chi connectivity index (χ1n) is 26.0. The molecule has 0 radical (unpaired) electrons. The lowest BCUT2D eigenvalue weighted by atomic mass is 9.94. The van der Waals surface area contributed by atoms with E-state index in [4.69, 9.17) is 0 Å². The van der Waals surface area contributed by atoms with Crippen LogP contribution in [0.15, 0.2) is 146 Å². The van der Waals surface area contributed by atoms with Gasteiger partial charge in [0.15, 0.2) is 0 Å². The van der Waals surface area contributed by atoms with Gasteiger partial charge in [-0.05, 0) is 237 Å². The van der Waals surface area contributed by atoms with Crippen LogP contribution in [0.25, 0.3) is 0 Å². The monoisotopic (exact) mass is 1360 g/mol. The first-order chi connectivity index (χ1) is 40.4. The molecule has 8 aromatic carbocycles. The molecule has 8 aromatic rings. The fourth-order valence-corrected chi connectivity index (χ4v) is 16.2. The van der Waals surface area contributed by atoms with Gasteiger partial charge in [0.1, 0.15) is 0 Å². The Bertz CT molecular complexity index is 3520. The molecule has 32 heteroatoms. The first kappa shape index (κ1) is 67.4. The van der Waals surface area contributed by atoms with Crippen LogP contribution in [0.5, 0.6) is 0 Å². The van der Waals surface area contributed by atoms with Crippen molar-refractivity contribution in [1.82, 2.24) is 0 Å². The van der Waals surface area contributed by atoms with E-state index in [9.17, 15) is 115 Å². The van der Waals surface area contributed by atoms with Gasteiger partial charge in [-0.25, -0.2) is 0 Å². The van der Waals surface area contributed by atoms with Crippen molar-refractivity contribution in [1.29, 1.82) is 0 Å². The molecule has 0 saturated carbocycles. The lowest BCUT2D eigenvalue weighted by molar-refractivity contribution is 0.385. The number of rotatable bonds is 8. The molecule has 88 heavy (non-hydrogen) atoms. The highest BCUT2D eigenvalue weighted by Crippen LogP contribution is 2.42. The summed E-state index contributed by atoms with van der Waals surface area (Å²) in [4.78, 5) is 168. The van der Waals surface area contributed by atoms with Crippen LogP contribution in [0.1, 0.15) is 89.0 Å². The lowest BCUT2D eigenvalue weighted by Gasteiger charge is -2.17. The predicted octanol–water partition coefficient (Wildman–Crippen LogP) is 3.15. The Morgan fingerprint density at radius 1 is 0.148 bits per heavy atom. The summed E-state index contributed by atoms with van der Waals surface area (Å²) in [5.74, 6) is 0. The summed E-state index contributed by atoms with van der Waals surface area (Å²) < 4.78 is 104. The van der Waals surface area contributed by atoms with Crippen molar-refractivity contribution >= 4 is 103 Å². The minimum Gasteiger partial charge on any atom is -0.321 e.